The molecule has 0 bridgehead atoms. The van der Waals surface area contributed by atoms with Gasteiger partial charge in [0.1, 0.15) is 10.7 Å². The third-order valence-corrected chi connectivity index (χ3v) is 4.19. The maximum absolute atomic E-state index is 13.8. The summed E-state index contributed by atoms with van der Waals surface area (Å²) >= 11 is 0. The molecule has 3 N–H and O–H groups in total. The zero-order valence-corrected chi connectivity index (χ0v) is 12.4. The van der Waals surface area contributed by atoms with Crippen LogP contribution in [0, 0.1) is 5.82 Å². The number of aromatic nitrogens is 2. The normalized spacial score (nSPS) is 11.5. The molecule has 0 saturated heterocycles. The lowest BCUT2D eigenvalue weighted by Crippen LogP contribution is -2.17. The molecule has 0 aliphatic rings. The topological polar surface area (TPSA) is 86.9 Å². The molecule has 8 heteroatoms. The van der Waals surface area contributed by atoms with E-state index in [0.717, 1.165) is 19.0 Å². The molecule has 2 rings (SSSR count). The van der Waals surface area contributed by atoms with Crippen LogP contribution >= 0.6 is 0 Å². The summed E-state index contributed by atoms with van der Waals surface area (Å²) in [7, 11) is -3.98. The van der Waals surface area contributed by atoms with Gasteiger partial charge in [0.25, 0.3) is 10.0 Å². The molecule has 0 amide bonds. The molecule has 0 aliphatic heterocycles. The van der Waals surface area contributed by atoms with Crippen molar-refractivity contribution in [2.24, 2.45) is 0 Å². The second kappa shape index (κ2) is 6.68. The van der Waals surface area contributed by atoms with Crippen molar-refractivity contribution in [3.8, 4) is 0 Å². The van der Waals surface area contributed by atoms with Gasteiger partial charge in [-0.05, 0) is 30.7 Å². The highest BCUT2D eigenvalue weighted by atomic mass is 32.2. The van der Waals surface area contributed by atoms with Crippen LogP contribution < -0.4 is 10.0 Å². The molecule has 0 radical (unpaired) electrons. The third kappa shape index (κ3) is 4.02. The lowest BCUT2D eigenvalue weighted by molar-refractivity contribution is 0.568. The Morgan fingerprint density at radius 1 is 1.38 bits per heavy atom. The van der Waals surface area contributed by atoms with Crippen LogP contribution in [0.4, 0.5) is 10.1 Å². The first kappa shape index (κ1) is 15.5. The zero-order chi connectivity index (χ0) is 15.3. The summed E-state index contributed by atoms with van der Waals surface area (Å²) in [4.78, 5) is -0.375. The van der Waals surface area contributed by atoms with Crippen molar-refractivity contribution in [3.05, 3.63) is 42.0 Å². The van der Waals surface area contributed by atoms with Gasteiger partial charge in [0, 0.05) is 12.7 Å². The zero-order valence-electron chi connectivity index (χ0n) is 11.6. The molecule has 1 aromatic heterocycles. The predicted octanol–water partition coefficient (Wildman–Crippen LogP) is 1.85. The number of hydrogen-bond acceptors (Lipinski definition) is 4. The van der Waals surface area contributed by atoms with E-state index in [1.54, 1.807) is 6.07 Å². The molecule has 0 spiro atoms. The maximum atomic E-state index is 13.8. The average molecular weight is 312 g/mol. The number of benzene rings is 1. The number of hydrogen-bond donors (Lipinski definition) is 3. The van der Waals surface area contributed by atoms with Crippen LogP contribution in [0.2, 0.25) is 0 Å². The molecule has 0 aliphatic carbocycles. The summed E-state index contributed by atoms with van der Waals surface area (Å²) in [6, 6.07) is 4.06. The highest BCUT2D eigenvalue weighted by molar-refractivity contribution is 7.92. The summed E-state index contributed by atoms with van der Waals surface area (Å²) in [6.07, 6.45) is 3.65. The van der Waals surface area contributed by atoms with E-state index in [1.807, 2.05) is 6.92 Å². The van der Waals surface area contributed by atoms with Crippen LogP contribution in [-0.4, -0.2) is 25.2 Å². The summed E-state index contributed by atoms with van der Waals surface area (Å²) in [6.45, 7) is 3.33. The van der Waals surface area contributed by atoms with Gasteiger partial charge in [-0.2, -0.15) is 5.10 Å². The summed E-state index contributed by atoms with van der Waals surface area (Å²) in [5.41, 5.74) is 0.960. The van der Waals surface area contributed by atoms with E-state index >= 15 is 0 Å². The van der Waals surface area contributed by atoms with Crippen LogP contribution in [0.15, 0.2) is 35.5 Å². The van der Waals surface area contributed by atoms with Crippen molar-refractivity contribution >= 4 is 15.7 Å². The van der Waals surface area contributed by atoms with Gasteiger partial charge in [-0.25, -0.2) is 12.8 Å². The monoisotopic (exact) mass is 312 g/mol. The highest BCUT2D eigenvalue weighted by Crippen LogP contribution is 2.19. The number of nitrogens with zero attached hydrogens (tertiary/aromatic N) is 1. The van der Waals surface area contributed by atoms with Crippen LogP contribution in [-0.2, 0) is 16.6 Å². The number of anilines is 1. The minimum absolute atomic E-state index is 0.254. The molecule has 0 atom stereocenters. The molecular formula is C13H17FN4O2S. The van der Waals surface area contributed by atoms with Crippen molar-refractivity contribution in [1.82, 2.24) is 15.5 Å². The van der Waals surface area contributed by atoms with Gasteiger partial charge in [0.15, 0.2) is 0 Å². The van der Waals surface area contributed by atoms with Gasteiger partial charge in [-0.15, -0.1) is 0 Å². The van der Waals surface area contributed by atoms with Crippen molar-refractivity contribution < 1.29 is 12.8 Å². The lowest BCUT2D eigenvalue weighted by Gasteiger charge is -2.09. The van der Waals surface area contributed by atoms with Crippen molar-refractivity contribution in [2.45, 2.75) is 24.8 Å². The number of H-pyrrole nitrogens is 1. The average Bonchev–Trinajstić information content (AvgIpc) is 2.93. The third-order valence-electron chi connectivity index (χ3n) is 2.79. The van der Waals surface area contributed by atoms with E-state index in [4.69, 9.17) is 0 Å². The Balaban J connectivity index is 2.22. The molecule has 0 fully saturated rings. The first-order valence-corrected chi connectivity index (χ1v) is 8.02. The summed E-state index contributed by atoms with van der Waals surface area (Å²) < 4.78 is 40.5. The van der Waals surface area contributed by atoms with Gasteiger partial charge in [0.05, 0.1) is 11.9 Å². The fourth-order valence-corrected chi connectivity index (χ4v) is 2.95. The largest absolute Gasteiger partial charge is 0.313 e. The Morgan fingerprint density at radius 3 is 2.86 bits per heavy atom. The number of aromatic amines is 1. The first-order chi connectivity index (χ1) is 10.0. The van der Waals surface area contributed by atoms with E-state index in [-0.39, 0.29) is 10.6 Å². The number of nitrogens with one attached hydrogen (secondary N) is 3. The van der Waals surface area contributed by atoms with Gasteiger partial charge in [-0.3, -0.25) is 9.82 Å². The molecule has 1 aromatic carbocycles. The number of rotatable bonds is 7. The molecular weight excluding hydrogens is 295 g/mol. The standard InChI is InChI=1S/C13H17FN4O2S/c1-2-5-15-7-10-3-4-12(14)13(6-10)21(19,20)18-11-8-16-17-9-11/h3-4,6,8-9,15,18H,2,5,7H2,1H3,(H,16,17). The Morgan fingerprint density at radius 2 is 2.19 bits per heavy atom. The van der Waals surface area contributed by atoms with E-state index < -0.39 is 15.8 Å². The molecule has 0 unspecified atom stereocenters. The smallest absolute Gasteiger partial charge is 0.264 e. The minimum atomic E-state index is -3.98. The quantitative estimate of drug-likeness (QED) is 0.681. The molecule has 0 saturated carbocycles. The number of sulfonamides is 1. The molecule has 114 valence electrons. The Hall–Kier alpha value is -1.93. The van der Waals surface area contributed by atoms with Crippen LogP contribution in [0.3, 0.4) is 0 Å². The Labute approximate surface area is 122 Å². The summed E-state index contributed by atoms with van der Waals surface area (Å²) in [5.74, 6) is -0.787. The van der Waals surface area contributed by atoms with Gasteiger partial charge in [-0.1, -0.05) is 13.0 Å². The van der Waals surface area contributed by atoms with Crippen molar-refractivity contribution in [2.75, 3.05) is 11.3 Å². The lowest BCUT2D eigenvalue weighted by atomic mass is 10.2. The van der Waals surface area contributed by atoms with Crippen LogP contribution in [0.1, 0.15) is 18.9 Å². The van der Waals surface area contributed by atoms with E-state index in [0.29, 0.717) is 12.1 Å². The van der Waals surface area contributed by atoms with Crippen LogP contribution in [0.25, 0.3) is 0 Å². The van der Waals surface area contributed by atoms with E-state index in [2.05, 4.69) is 20.2 Å². The molecule has 1 heterocycles. The van der Waals surface area contributed by atoms with Gasteiger partial charge < -0.3 is 5.32 Å². The second-order valence-electron chi connectivity index (χ2n) is 4.53. The molecule has 6 nitrogen and oxygen atoms in total. The SMILES string of the molecule is CCCNCc1ccc(F)c(S(=O)(=O)Nc2cn[nH]c2)c1. The fraction of sp³-hybridized carbons (Fsp3) is 0.308. The van der Waals surface area contributed by atoms with Gasteiger partial charge >= 0.3 is 0 Å². The molecule has 2 aromatic rings. The van der Waals surface area contributed by atoms with Gasteiger partial charge in [0.2, 0.25) is 0 Å². The van der Waals surface area contributed by atoms with Crippen LogP contribution in [0.5, 0.6) is 0 Å². The number of halogens is 1. The molecule has 21 heavy (non-hydrogen) atoms. The van der Waals surface area contributed by atoms with E-state index in [9.17, 15) is 12.8 Å². The second-order valence-corrected chi connectivity index (χ2v) is 6.18. The minimum Gasteiger partial charge on any atom is -0.313 e. The van der Waals surface area contributed by atoms with Crippen molar-refractivity contribution in [3.63, 3.8) is 0 Å². The Kier molecular flexibility index (Phi) is 4.92. The Bertz CT molecular complexity index is 686. The first-order valence-electron chi connectivity index (χ1n) is 6.53. The van der Waals surface area contributed by atoms with E-state index in [1.165, 1.54) is 18.5 Å². The summed E-state index contributed by atoms with van der Waals surface area (Å²) in [5, 5.41) is 9.26. The maximum Gasteiger partial charge on any atom is 0.264 e. The van der Waals surface area contributed by atoms with Crippen molar-refractivity contribution in [1.29, 1.82) is 0 Å². The predicted molar refractivity (Wildman–Crippen MR) is 77.8 cm³/mol. The fourth-order valence-electron chi connectivity index (χ4n) is 1.79. The highest BCUT2D eigenvalue weighted by Gasteiger charge is 2.20.